The van der Waals surface area contributed by atoms with E-state index in [4.69, 9.17) is 4.74 Å². The van der Waals surface area contributed by atoms with Crippen molar-refractivity contribution in [3.8, 4) is 0 Å². The van der Waals surface area contributed by atoms with E-state index >= 15 is 0 Å². The fourth-order valence-electron chi connectivity index (χ4n) is 2.77. The summed E-state index contributed by atoms with van der Waals surface area (Å²) >= 11 is 0. The molecule has 1 heterocycles. The average molecular weight is 305 g/mol. The van der Waals surface area contributed by atoms with Crippen molar-refractivity contribution in [2.45, 2.75) is 12.8 Å². The summed E-state index contributed by atoms with van der Waals surface area (Å²) in [5, 5.41) is 5.90. The fraction of sp³-hybridized carbons (Fsp3) is 0.588. The van der Waals surface area contributed by atoms with Crippen LogP contribution in [0.1, 0.15) is 12.0 Å². The maximum atomic E-state index is 11.8. The molecule has 0 aliphatic carbocycles. The summed E-state index contributed by atoms with van der Waals surface area (Å²) in [5.74, 6) is 0.553. The second-order valence-electron chi connectivity index (χ2n) is 5.82. The van der Waals surface area contributed by atoms with Crippen molar-refractivity contribution in [2.24, 2.45) is 5.92 Å². The molecule has 5 heteroatoms. The van der Waals surface area contributed by atoms with E-state index in [1.165, 1.54) is 5.56 Å². The summed E-state index contributed by atoms with van der Waals surface area (Å²) in [6, 6.07) is 10.1. The van der Waals surface area contributed by atoms with Gasteiger partial charge in [0, 0.05) is 33.3 Å². The van der Waals surface area contributed by atoms with Gasteiger partial charge in [-0.05, 0) is 30.9 Å². The predicted molar refractivity (Wildman–Crippen MR) is 88.0 cm³/mol. The highest BCUT2D eigenvalue weighted by molar-refractivity contribution is 5.73. The van der Waals surface area contributed by atoms with Crippen molar-refractivity contribution >= 4 is 6.03 Å². The van der Waals surface area contributed by atoms with E-state index in [0.717, 1.165) is 45.6 Å². The standard InChI is InChI=1S/C17H27N3O2/c1-22-12-11-20-10-8-16(14-20)13-19-17(21)18-9-7-15-5-3-2-4-6-15/h2-6,16H,7-14H2,1H3,(H2,18,19,21)/t16-/m1/s1. The Balaban J connectivity index is 1.54. The Morgan fingerprint density at radius 1 is 1.32 bits per heavy atom. The molecular formula is C17H27N3O2. The Morgan fingerprint density at radius 3 is 2.91 bits per heavy atom. The van der Waals surface area contributed by atoms with Crippen molar-refractivity contribution in [1.82, 2.24) is 15.5 Å². The van der Waals surface area contributed by atoms with E-state index in [0.29, 0.717) is 12.5 Å². The summed E-state index contributed by atoms with van der Waals surface area (Å²) in [5.41, 5.74) is 1.24. The molecule has 1 atom stereocenters. The normalized spacial score (nSPS) is 18.3. The van der Waals surface area contributed by atoms with Gasteiger partial charge in [-0.15, -0.1) is 0 Å². The first-order valence-electron chi connectivity index (χ1n) is 8.05. The maximum absolute atomic E-state index is 11.8. The molecule has 1 aliphatic heterocycles. The number of carbonyl (C=O) groups is 1. The van der Waals surface area contributed by atoms with Crippen LogP contribution in [0.25, 0.3) is 0 Å². The molecule has 22 heavy (non-hydrogen) atoms. The van der Waals surface area contributed by atoms with Gasteiger partial charge < -0.3 is 20.3 Å². The lowest BCUT2D eigenvalue weighted by molar-refractivity contribution is 0.159. The van der Waals surface area contributed by atoms with Crippen LogP contribution >= 0.6 is 0 Å². The van der Waals surface area contributed by atoms with Gasteiger partial charge in [-0.1, -0.05) is 30.3 Å². The third-order valence-electron chi connectivity index (χ3n) is 4.07. The van der Waals surface area contributed by atoms with E-state index < -0.39 is 0 Å². The maximum Gasteiger partial charge on any atom is 0.314 e. The number of ether oxygens (including phenoxy) is 1. The Labute approximate surface area is 133 Å². The van der Waals surface area contributed by atoms with E-state index in [1.54, 1.807) is 7.11 Å². The van der Waals surface area contributed by atoms with Gasteiger partial charge in [0.1, 0.15) is 0 Å². The van der Waals surface area contributed by atoms with Gasteiger partial charge >= 0.3 is 6.03 Å². The lowest BCUT2D eigenvalue weighted by atomic mass is 10.1. The Hall–Kier alpha value is -1.59. The van der Waals surface area contributed by atoms with Crippen molar-refractivity contribution in [1.29, 1.82) is 0 Å². The zero-order valence-corrected chi connectivity index (χ0v) is 13.4. The minimum absolute atomic E-state index is 0.0636. The van der Waals surface area contributed by atoms with Crippen LogP contribution in [0.4, 0.5) is 4.79 Å². The van der Waals surface area contributed by atoms with Crippen LogP contribution in [-0.2, 0) is 11.2 Å². The third-order valence-corrected chi connectivity index (χ3v) is 4.07. The molecule has 0 radical (unpaired) electrons. The first kappa shape index (κ1) is 16.8. The second kappa shape index (κ2) is 9.43. The quantitative estimate of drug-likeness (QED) is 0.765. The largest absolute Gasteiger partial charge is 0.383 e. The minimum Gasteiger partial charge on any atom is -0.383 e. The Bertz CT molecular complexity index is 439. The summed E-state index contributed by atoms with van der Waals surface area (Å²) in [6.45, 7) is 5.33. The fourth-order valence-corrected chi connectivity index (χ4v) is 2.77. The molecule has 0 spiro atoms. The highest BCUT2D eigenvalue weighted by atomic mass is 16.5. The highest BCUT2D eigenvalue weighted by Crippen LogP contribution is 2.14. The van der Waals surface area contributed by atoms with E-state index in [1.807, 2.05) is 18.2 Å². The summed E-state index contributed by atoms with van der Waals surface area (Å²) in [4.78, 5) is 14.2. The molecule has 1 fully saturated rings. The summed E-state index contributed by atoms with van der Waals surface area (Å²) in [7, 11) is 1.73. The van der Waals surface area contributed by atoms with Crippen LogP contribution in [-0.4, -0.2) is 57.4 Å². The number of likely N-dealkylation sites (tertiary alicyclic amines) is 1. The molecule has 2 rings (SSSR count). The van der Waals surface area contributed by atoms with Gasteiger partial charge in [0.2, 0.25) is 0 Å². The van der Waals surface area contributed by atoms with Crippen LogP contribution in [0.5, 0.6) is 0 Å². The predicted octanol–water partition coefficient (Wildman–Crippen LogP) is 1.50. The van der Waals surface area contributed by atoms with Gasteiger partial charge in [-0.2, -0.15) is 0 Å². The van der Waals surface area contributed by atoms with E-state index in [-0.39, 0.29) is 6.03 Å². The monoisotopic (exact) mass is 305 g/mol. The van der Waals surface area contributed by atoms with Gasteiger partial charge in [-0.25, -0.2) is 4.79 Å². The zero-order valence-electron chi connectivity index (χ0n) is 13.4. The van der Waals surface area contributed by atoms with Crippen molar-refractivity contribution in [3.05, 3.63) is 35.9 Å². The lowest BCUT2D eigenvalue weighted by Gasteiger charge is -2.15. The van der Waals surface area contributed by atoms with Crippen molar-refractivity contribution < 1.29 is 9.53 Å². The molecule has 5 nitrogen and oxygen atoms in total. The smallest absolute Gasteiger partial charge is 0.314 e. The molecule has 122 valence electrons. The van der Waals surface area contributed by atoms with E-state index in [9.17, 15) is 4.79 Å². The van der Waals surface area contributed by atoms with Crippen molar-refractivity contribution in [3.63, 3.8) is 0 Å². The molecule has 0 unspecified atom stereocenters. The number of carbonyl (C=O) groups excluding carboxylic acids is 1. The summed E-state index contributed by atoms with van der Waals surface area (Å²) in [6.07, 6.45) is 2.01. The number of methoxy groups -OCH3 is 1. The van der Waals surface area contributed by atoms with Crippen LogP contribution in [0.2, 0.25) is 0 Å². The van der Waals surface area contributed by atoms with Crippen LogP contribution < -0.4 is 10.6 Å². The number of hydrogen-bond acceptors (Lipinski definition) is 3. The molecular weight excluding hydrogens is 278 g/mol. The Morgan fingerprint density at radius 2 is 2.14 bits per heavy atom. The van der Waals surface area contributed by atoms with Crippen LogP contribution in [0.3, 0.4) is 0 Å². The molecule has 2 amide bonds. The van der Waals surface area contributed by atoms with Gasteiger partial charge in [0.25, 0.3) is 0 Å². The molecule has 0 bridgehead atoms. The molecule has 1 aliphatic rings. The lowest BCUT2D eigenvalue weighted by Crippen LogP contribution is -2.39. The number of urea groups is 1. The summed E-state index contributed by atoms with van der Waals surface area (Å²) < 4.78 is 5.10. The molecule has 0 saturated carbocycles. The van der Waals surface area contributed by atoms with Gasteiger partial charge in [0.05, 0.1) is 6.61 Å². The number of amides is 2. The first-order chi connectivity index (χ1) is 10.8. The van der Waals surface area contributed by atoms with Gasteiger partial charge in [-0.3, -0.25) is 0 Å². The van der Waals surface area contributed by atoms with Gasteiger partial charge in [0.15, 0.2) is 0 Å². The Kier molecular flexibility index (Phi) is 7.19. The van der Waals surface area contributed by atoms with Crippen molar-refractivity contribution in [2.75, 3.05) is 46.4 Å². The molecule has 1 aromatic rings. The number of benzene rings is 1. The molecule has 1 aromatic carbocycles. The molecule has 2 N–H and O–H groups in total. The van der Waals surface area contributed by atoms with E-state index in [2.05, 4.69) is 27.7 Å². The number of rotatable bonds is 8. The SMILES string of the molecule is COCCN1CC[C@H](CNC(=O)NCCc2ccccc2)C1. The minimum atomic E-state index is -0.0636. The first-order valence-corrected chi connectivity index (χ1v) is 8.05. The number of nitrogens with zero attached hydrogens (tertiary/aromatic N) is 1. The van der Waals surface area contributed by atoms with Crippen LogP contribution in [0.15, 0.2) is 30.3 Å². The van der Waals surface area contributed by atoms with Crippen LogP contribution in [0, 0.1) is 5.92 Å². The number of hydrogen-bond donors (Lipinski definition) is 2. The second-order valence-corrected chi connectivity index (χ2v) is 5.82. The molecule has 1 saturated heterocycles. The molecule has 0 aromatic heterocycles. The zero-order chi connectivity index (χ0) is 15.6. The third kappa shape index (κ3) is 6.03. The number of nitrogens with one attached hydrogen (secondary N) is 2. The average Bonchev–Trinajstić information content (AvgIpc) is 3.00. The topological polar surface area (TPSA) is 53.6 Å². The highest BCUT2D eigenvalue weighted by Gasteiger charge is 2.22.